The predicted molar refractivity (Wildman–Crippen MR) is 339 cm³/mol. The standard InChI is InChI=1S/C72H126O6/c1-4-7-10-13-16-19-22-24-26-28-30-32-33-34-35-36-37-38-39-41-42-44-46-48-50-53-56-59-62-65-71(74)77-68-69(67-76-70(73)64-61-58-55-52-21-18-15-12-9-6-3)78-72(75)66-63-60-57-54-51-49-47-45-43-40-31-29-27-25-23-20-17-14-11-8-5-2/h7,10,16,19,24,26,30,32,34-35,37-38,41-42,69H,4-6,8-9,11-15,17-18,20-23,25,27-29,31,33,36,39-40,43-68H2,1-3H3/b10-7-,19-16-,26-24-,32-30-,35-34-,38-37-,42-41-. The highest BCUT2D eigenvalue weighted by Gasteiger charge is 2.19. The van der Waals surface area contributed by atoms with Crippen LogP contribution in [0.1, 0.15) is 335 Å². The zero-order valence-corrected chi connectivity index (χ0v) is 51.7. The lowest BCUT2D eigenvalue weighted by atomic mass is 10.0. The third-order valence-electron chi connectivity index (χ3n) is 14.7. The summed E-state index contributed by atoms with van der Waals surface area (Å²) in [7, 11) is 0. The molecule has 0 rings (SSSR count). The number of hydrogen-bond acceptors (Lipinski definition) is 6. The van der Waals surface area contributed by atoms with Crippen molar-refractivity contribution in [2.75, 3.05) is 13.2 Å². The molecule has 0 aromatic carbocycles. The van der Waals surface area contributed by atoms with Crippen molar-refractivity contribution >= 4 is 17.9 Å². The van der Waals surface area contributed by atoms with Gasteiger partial charge in [0.25, 0.3) is 0 Å². The summed E-state index contributed by atoms with van der Waals surface area (Å²) in [6, 6.07) is 0. The van der Waals surface area contributed by atoms with E-state index in [-0.39, 0.29) is 31.1 Å². The van der Waals surface area contributed by atoms with E-state index in [1.807, 2.05) is 0 Å². The number of carbonyl (C=O) groups excluding carboxylic acids is 3. The van der Waals surface area contributed by atoms with E-state index in [4.69, 9.17) is 14.2 Å². The zero-order chi connectivity index (χ0) is 56.4. The molecule has 0 heterocycles. The van der Waals surface area contributed by atoms with Gasteiger partial charge in [-0.2, -0.15) is 0 Å². The summed E-state index contributed by atoms with van der Waals surface area (Å²) in [5, 5.41) is 0. The van der Waals surface area contributed by atoms with Gasteiger partial charge in [0, 0.05) is 19.3 Å². The Morgan fingerprint density at radius 1 is 0.269 bits per heavy atom. The maximum atomic E-state index is 12.9. The van der Waals surface area contributed by atoms with Crippen LogP contribution in [0, 0.1) is 0 Å². The minimum absolute atomic E-state index is 0.0752. The molecule has 0 saturated carbocycles. The molecule has 0 amide bonds. The average molecular weight is 1090 g/mol. The lowest BCUT2D eigenvalue weighted by Crippen LogP contribution is -2.30. The molecular formula is C72H126O6. The fourth-order valence-corrected chi connectivity index (χ4v) is 9.66. The summed E-state index contributed by atoms with van der Waals surface area (Å²) < 4.78 is 16.9. The smallest absolute Gasteiger partial charge is 0.306 e. The van der Waals surface area contributed by atoms with Crippen molar-refractivity contribution in [3.63, 3.8) is 0 Å². The maximum absolute atomic E-state index is 12.9. The van der Waals surface area contributed by atoms with Crippen LogP contribution in [0.2, 0.25) is 0 Å². The Hall–Kier alpha value is -3.41. The van der Waals surface area contributed by atoms with Crippen LogP contribution < -0.4 is 0 Å². The fourth-order valence-electron chi connectivity index (χ4n) is 9.66. The number of hydrogen-bond donors (Lipinski definition) is 0. The van der Waals surface area contributed by atoms with Crippen LogP contribution in [0.3, 0.4) is 0 Å². The highest BCUT2D eigenvalue weighted by molar-refractivity contribution is 5.71. The number of esters is 3. The first-order valence-electron chi connectivity index (χ1n) is 33.6. The summed E-state index contributed by atoms with van der Waals surface area (Å²) in [5.74, 6) is -0.871. The van der Waals surface area contributed by atoms with Gasteiger partial charge in [0.1, 0.15) is 13.2 Å². The third-order valence-corrected chi connectivity index (χ3v) is 14.7. The van der Waals surface area contributed by atoms with Crippen molar-refractivity contribution < 1.29 is 28.6 Å². The molecule has 450 valence electrons. The second kappa shape index (κ2) is 66.1. The minimum atomic E-state index is -0.778. The molecule has 0 N–H and O–H groups in total. The van der Waals surface area contributed by atoms with Crippen molar-refractivity contribution in [3.05, 3.63) is 85.1 Å². The van der Waals surface area contributed by atoms with E-state index in [1.165, 1.54) is 186 Å². The first-order valence-corrected chi connectivity index (χ1v) is 33.6. The van der Waals surface area contributed by atoms with E-state index in [2.05, 4.69) is 106 Å². The molecule has 6 heteroatoms. The molecule has 0 spiro atoms. The molecule has 0 fully saturated rings. The van der Waals surface area contributed by atoms with E-state index in [9.17, 15) is 14.4 Å². The zero-order valence-electron chi connectivity index (χ0n) is 51.7. The third kappa shape index (κ3) is 63.4. The van der Waals surface area contributed by atoms with Crippen molar-refractivity contribution in [3.8, 4) is 0 Å². The number of carbonyl (C=O) groups is 3. The largest absolute Gasteiger partial charge is 0.462 e. The van der Waals surface area contributed by atoms with E-state index < -0.39 is 6.10 Å². The van der Waals surface area contributed by atoms with Crippen LogP contribution in [-0.2, 0) is 28.6 Å². The average Bonchev–Trinajstić information content (AvgIpc) is 3.44. The first-order chi connectivity index (χ1) is 38.5. The van der Waals surface area contributed by atoms with Gasteiger partial charge in [-0.3, -0.25) is 14.4 Å². The van der Waals surface area contributed by atoms with Gasteiger partial charge < -0.3 is 14.2 Å². The highest BCUT2D eigenvalue weighted by atomic mass is 16.6. The van der Waals surface area contributed by atoms with Crippen LogP contribution in [0.15, 0.2) is 85.1 Å². The van der Waals surface area contributed by atoms with Crippen LogP contribution in [0.5, 0.6) is 0 Å². The highest BCUT2D eigenvalue weighted by Crippen LogP contribution is 2.17. The molecule has 0 aromatic heterocycles. The summed E-state index contributed by atoms with van der Waals surface area (Å²) in [6.45, 7) is 6.55. The van der Waals surface area contributed by atoms with Crippen LogP contribution in [-0.4, -0.2) is 37.2 Å². The summed E-state index contributed by atoms with van der Waals surface area (Å²) >= 11 is 0. The summed E-state index contributed by atoms with van der Waals surface area (Å²) in [4.78, 5) is 38.3. The van der Waals surface area contributed by atoms with Crippen molar-refractivity contribution in [1.82, 2.24) is 0 Å². The van der Waals surface area contributed by atoms with Gasteiger partial charge >= 0.3 is 17.9 Å². The molecule has 0 aliphatic heterocycles. The van der Waals surface area contributed by atoms with E-state index in [1.54, 1.807) is 0 Å². The quantitative estimate of drug-likeness (QED) is 0.0261. The lowest BCUT2D eigenvalue weighted by molar-refractivity contribution is -0.167. The molecule has 0 aliphatic rings. The van der Waals surface area contributed by atoms with Crippen LogP contribution >= 0.6 is 0 Å². The molecule has 0 saturated heterocycles. The Balaban J connectivity index is 4.24. The van der Waals surface area contributed by atoms with Gasteiger partial charge in [-0.15, -0.1) is 0 Å². The number of ether oxygens (including phenoxy) is 3. The minimum Gasteiger partial charge on any atom is -0.462 e. The predicted octanol–water partition coefficient (Wildman–Crippen LogP) is 23.1. The summed E-state index contributed by atoms with van der Waals surface area (Å²) in [6.07, 6.45) is 87.5. The molecule has 6 nitrogen and oxygen atoms in total. The van der Waals surface area contributed by atoms with E-state index in [0.717, 1.165) is 109 Å². The Morgan fingerprint density at radius 2 is 0.500 bits per heavy atom. The van der Waals surface area contributed by atoms with Gasteiger partial charge in [-0.1, -0.05) is 324 Å². The molecule has 0 aromatic rings. The maximum Gasteiger partial charge on any atom is 0.306 e. The Kier molecular flexibility index (Phi) is 63.2. The van der Waals surface area contributed by atoms with Crippen molar-refractivity contribution in [2.24, 2.45) is 0 Å². The lowest BCUT2D eigenvalue weighted by Gasteiger charge is -2.18. The van der Waals surface area contributed by atoms with Gasteiger partial charge in [0.15, 0.2) is 6.10 Å². The van der Waals surface area contributed by atoms with E-state index >= 15 is 0 Å². The Bertz CT molecular complexity index is 1480. The Morgan fingerprint density at radius 3 is 0.782 bits per heavy atom. The topological polar surface area (TPSA) is 78.9 Å². The fraction of sp³-hybridized carbons (Fsp3) is 0.764. The molecule has 78 heavy (non-hydrogen) atoms. The van der Waals surface area contributed by atoms with Gasteiger partial charge in [0.05, 0.1) is 0 Å². The number of allylic oxidation sites excluding steroid dienone is 14. The van der Waals surface area contributed by atoms with E-state index in [0.29, 0.717) is 19.3 Å². The van der Waals surface area contributed by atoms with Gasteiger partial charge in [-0.25, -0.2) is 0 Å². The number of unbranched alkanes of at least 4 members (excludes halogenated alkanes) is 36. The molecule has 0 bridgehead atoms. The molecular weight excluding hydrogens is 961 g/mol. The van der Waals surface area contributed by atoms with Crippen LogP contribution in [0.25, 0.3) is 0 Å². The second-order valence-electron chi connectivity index (χ2n) is 22.4. The SMILES string of the molecule is CC/C=C\C/C=C\C/C=C\C/C=C\C/C=C\C/C=C\C/C=C\CCCCCCCCCC(=O)OCC(COC(=O)CCCCCCCCCCCC)OC(=O)CCCCCCCCCCCCCCCCCCCCCCC. The van der Waals surface area contributed by atoms with Crippen molar-refractivity contribution in [1.29, 1.82) is 0 Å². The normalized spacial score (nSPS) is 12.6. The van der Waals surface area contributed by atoms with Crippen LogP contribution in [0.4, 0.5) is 0 Å². The molecule has 1 atom stereocenters. The van der Waals surface area contributed by atoms with Crippen molar-refractivity contribution in [2.45, 2.75) is 341 Å². The van der Waals surface area contributed by atoms with Gasteiger partial charge in [0.2, 0.25) is 0 Å². The summed E-state index contributed by atoms with van der Waals surface area (Å²) in [5.41, 5.74) is 0. The molecule has 0 radical (unpaired) electrons. The Labute approximate surface area is 484 Å². The monoisotopic (exact) mass is 1090 g/mol. The molecule has 0 aliphatic carbocycles. The number of rotatable bonds is 61. The van der Waals surface area contributed by atoms with Gasteiger partial charge in [-0.05, 0) is 77.0 Å². The first kappa shape index (κ1) is 74.6. The second-order valence-corrected chi connectivity index (χ2v) is 22.4. The molecule has 1 unspecified atom stereocenters.